The van der Waals surface area contributed by atoms with E-state index in [1.54, 1.807) is 12.1 Å². The van der Waals surface area contributed by atoms with Gasteiger partial charge < -0.3 is 10.2 Å². The van der Waals surface area contributed by atoms with Crippen LogP contribution in [0.5, 0.6) is 0 Å². The van der Waals surface area contributed by atoms with Crippen LogP contribution in [-0.4, -0.2) is 0 Å². The third-order valence-electron chi connectivity index (χ3n) is 2.01. The third-order valence-corrected chi connectivity index (χ3v) is 2.01. The lowest BCUT2D eigenvalue weighted by Gasteiger charge is -2.08. The fraction of sp³-hybridized carbons (Fsp3) is 0.462. The van der Waals surface area contributed by atoms with Crippen LogP contribution in [0.15, 0.2) is 27.9 Å². The monoisotopic (exact) mass is 223 g/mol. The molecule has 0 saturated carbocycles. The molecular formula is C13H21NO2. The van der Waals surface area contributed by atoms with Crippen molar-refractivity contribution < 1.29 is 4.42 Å². The molecule has 0 aliphatic heterocycles. The van der Waals surface area contributed by atoms with Gasteiger partial charge in [-0.1, -0.05) is 39.8 Å². The fourth-order valence-corrected chi connectivity index (χ4v) is 1.27. The zero-order valence-electron chi connectivity index (χ0n) is 10.3. The maximum absolute atomic E-state index is 11.1. The number of hydrogen-bond donors (Lipinski definition) is 1. The summed E-state index contributed by atoms with van der Waals surface area (Å²) < 4.78 is 5.01. The number of nitrogens with two attached hydrogens (primary N) is 1. The molecule has 0 radical (unpaired) electrons. The van der Waals surface area contributed by atoms with Crippen LogP contribution in [-0.2, 0) is 0 Å². The van der Waals surface area contributed by atoms with E-state index in [0.29, 0.717) is 5.76 Å². The number of hydrogen-bond acceptors (Lipinski definition) is 3. The molecule has 1 rings (SSSR count). The van der Waals surface area contributed by atoms with Crippen LogP contribution in [0.1, 0.15) is 51.0 Å². The lowest BCUT2D eigenvalue weighted by molar-refractivity contribution is 0.412. The molecule has 1 heterocycles. The van der Waals surface area contributed by atoms with E-state index in [9.17, 15) is 4.79 Å². The van der Waals surface area contributed by atoms with Crippen LogP contribution in [0.2, 0.25) is 0 Å². The Morgan fingerprint density at radius 2 is 2.12 bits per heavy atom. The number of rotatable bonds is 4. The van der Waals surface area contributed by atoms with Crippen LogP contribution in [0.25, 0.3) is 6.08 Å². The minimum atomic E-state index is -0.371. The van der Waals surface area contributed by atoms with Crippen molar-refractivity contribution in [3.63, 3.8) is 0 Å². The lowest BCUT2D eigenvalue weighted by atomic mass is 10.1. The van der Waals surface area contributed by atoms with Crippen molar-refractivity contribution >= 4 is 6.08 Å². The average Bonchev–Trinajstić information content (AvgIpc) is 2.31. The summed E-state index contributed by atoms with van der Waals surface area (Å²) in [5.74, 6) is 0.536. The molecule has 16 heavy (non-hydrogen) atoms. The summed E-state index contributed by atoms with van der Waals surface area (Å²) in [5.41, 5.74) is 6.21. The van der Waals surface area contributed by atoms with Crippen molar-refractivity contribution in [1.29, 1.82) is 0 Å². The molecule has 3 nitrogen and oxygen atoms in total. The molecule has 0 aliphatic carbocycles. The van der Waals surface area contributed by atoms with Gasteiger partial charge >= 0.3 is 5.63 Å². The Labute approximate surface area is 97.0 Å². The normalized spacial score (nSPS) is 11.2. The van der Waals surface area contributed by atoms with Crippen molar-refractivity contribution in [2.24, 2.45) is 5.73 Å². The van der Waals surface area contributed by atoms with E-state index in [2.05, 4.69) is 6.58 Å². The van der Waals surface area contributed by atoms with E-state index in [1.165, 1.54) is 6.07 Å². The molecule has 1 aromatic heterocycles. The Hall–Kier alpha value is -1.35. The average molecular weight is 223 g/mol. The van der Waals surface area contributed by atoms with E-state index in [1.807, 2.05) is 20.8 Å². The van der Waals surface area contributed by atoms with Crippen molar-refractivity contribution in [3.05, 3.63) is 40.5 Å². The van der Waals surface area contributed by atoms with Crippen molar-refractivity contribution in [2.75, 3.05) is 0 Å². The van der Waals surface area contributed by atoms with Gasteiger partial charge in [-0.3, -0.25) is 0 Å². The van der Waals surface area contributed by atoms with Gasteiger partial charge in [-0.05, 0) is 18.1 Å². The van der Waals surface area contributed by atoms with Crippen molar-refractivity contribution in [2.45, 2.75) is 39.7 Å². The first-order valence-corrected chi connectivity index (χ1v) is 5.70. The Bertz CT molecular complexity index is 368. The second-order valence-electron chi connectivity index (χ2n) is 3.21. The first kappa shape index (κ1) is 14.6. The highest BCUT2D eigenvalue weighted by Gasteiger charge is 2.08. The summed E-state index contributed by atoms with van der Waals surface area (Å²) in [7, 11) is 0. The molecule has 90 valence electrons. The van der Waals surface area contributed by atoms with Gasteiger partial charge in [-0.15, -0.1) is 0 Å². The van der Waals surface area contributed by atoms with E-state index in [-0.39, 0.29) is 11.7 Å². The standard InChI is InChI=1S/C11H15NO2.C2H6/c1-3-5-9(12)10-6-8(4-2)7-11(13)14-10;1-2/h4,6-7,9H,2-3,5,12H2,1H3;1-2H3. The molecule has 1 atom stereocenters. The van der Waals surface area contributed by atoms with Crippen molar-refractivity contribution in [3.8, 4) is 0 Å². The summed E-state index contributed by atoms with van der Waals surface area (Å²) in [6.45, 7) is 9.63. The van der Waals surface area contributed by atoms with Crippen LogP contribution < -0.4 is 11.4 Å². The third kappa shape index (κ3) is 4.45. The summed E-state index contributed by atoms with van der Waals surface area (Å²) in [6.07, 6.45) is 3.38. The van der Waals surface area contributed by atoms with Crippen LogP contribution in [0.4, 0.5) is 0 Å². The molecule has 0 fully saturated rings. The predicted molar refractivity (Wildman–Crippen MR) is 68.3 cm³/mol. The van der Waals surface area contributed by atoms with Gasteiger partial charge in [0.1, 0.15) is 5.76 Å². The quantitative estimate of drug-likeness (QED) is 0.853. The largest absolute Gasteiger partial charge is 0.426 e. The highest BCUT2D eigenvalue weighted by molar-refractivity contribution is 5.46. The Kier molecular flexibility index (Phi) is 7.21. The summed E-state index contributed by atoms with van der Waals surface area (Å²) in [4.78, 5) is 11.1. The van der Waals surface area contributed by atoms with Crippen LogP contribution >= 0.6 is 0 Å². The molecule has 1 aromatic rings. The summed E-state index contributed by atoms with van der Waals surface area (Å²) in [5, 5.41) is 0. The molecule has 3 heteroatoms. The zero-order chi connectivity index (χ0) is 12.6. The fourth-order valence-electron chi connectivity index (χ4n) is 1.27. The lowest BCUT2D eigenvalue weighted by Crippen LogP contribution is -2.13. The topological polar surface area (TPSA) is 56.2 Å². The molecule has 0 amide bonds. The predicted octanol–water partition coefficient (Wildman–Crippen LogP) is 3.11. The van der Waals surface area contributed by atoms with Gasteiger partial charge in [-0.2, -0.15) is 0 Å². The van der Waals surface area contributed by atoms with Gasteiger partial charge in [-0.25, -0.2) is 4.79 Å². The first-order chi connectivity index (χ1) is 7.67. The second kappa shape index (κ2) is 7.88. The molecule has 1 unspecified atom stereocenters. The molecule has 0 spiro atoms. The summed E-state index contributed by atoms with van der Waals surface area (Å²) >= 11 is 0. The second-order valence-corrected chi connectivity index (χ2v) is 3.21. The van der Waals surface area contributed by atoms with Gasteiger partial charge in [0.05, 0.1) is 6.04 Å². The first-order valence-electron chi connectivity index (χ1n) is 5.70. The Morgan fingerprint density at radius 1 is 1.50 bits per heavy atom. The zero-order valence-corrected chi connectivity index (χ0v) is 10.3. The SMILES string of the molecule is C=Cc1cc(C(N)CCC)oc(=O)c1.CC. The van der Waals surface area contributed by atoms with Crippen LogP contribution in [0.3, 0.4) is 0 Å². The molecule has 0 aromatic carbocycles. The summed E-state index contributed by atoms with van der Waals surface area (Å²) in [6, 6.07) is 2.96. The van der Waals surface area contributed by atoms with Crippen LogP contribution in [0, 0.1) is 0 Å². The van der Waals surface area contributed by atoms with Gasteiger partial charge in [0.25, 0.3) is 0 Å². The van der Waals surface area contributed by atoms with E-state index in [4.69, 9.17) is 10.2 Å². The van der Waals surface area contributed by atoms with Gasteiger partial charge in [0, 0.05) is 6.07 Å². The Morgan fingerprint density at radius 3 is 2.62 bits per heavy atom. The van der Waals surface area contributed by atoms with Crippen molar-refractivity contribution in [1.82, 2.24) is 0 Å². The minimum absolute atomic E-state index is 0.201. The van der Waals surface area contributed by atoms with E-state index < -0.39 is 0 Å². The maximum Gasteiger partial charge on any atom is 0.336 e. The molecule has 0 aliphatic rings. The highest BCUT2D eigenvalue weighted by atomic mass is 16.4. The smallest absolute Gasteiger partial charge is 0.336 e. The molecule has 0 saturated heterocycles. The molecule has 0 bridgehead atoms. The highest BCUT2D eigenvalue weighted by Crippen LogP contribution is 2.15. The minimum Gasteiger partial charge on any atom is -0.426 e. The Balaban J connectivity index is 0.00000106. The van der Waals surface area contributed by atoms with E-state index in [0.717, 1.165) is 18.4 Å². The van der Waals surface area contributed by atoms with Gasteiger partial charge in [0.2, 0.25) is 0 Å². The van der Waals surface area contributed by atoms with E-state index >= 15 is 0 Å². The molecule has 2 N–H and O–H groups in total. The maximum atomic E-state index is 11.1. The van der Waals surface area contributed by atoms with Gasteiger partial charge in [0.15, 0.2) is 0 Å². The molecular weight excluding hydrogens is 202 g/mol.